The summed E-state index contributed by atoms with van der Waals surface area (Å²) in [6.07, 6.45) is 6.65. The predicted octanol–water partition coefficient (Wildman–Crippen LogP) is 5.90. The lowest BCUT2D eigenvalue weighted by Gasteiger charge is -2.09. The second kappa shape index (κ2) is 8.89. The first-order valence-electron chi connectivity index (χ1n) is 8.51. The molecule has 3 aromatic rings. The van der Waals surface area contributed by atoms with E-state index in [1.807, 2.05) is 36.4 Å². The van der Waals surface area contributed by atoms with Gasteiger partial charge < -0.3 is 0 Å². The highest BCUT2D eigenvalue weighted by molar-refractivity contribution is 6.35. The van der Waals surface area contributed by atoms with Crippen molar-refractivity contribution in [2.45, 2.75) is 13.3 Å². The molecular weight excluding hydrogens is 379 g/mol. The summed E-state index contributed by atoms with van der Waals surface area (Å²) in [6, 6.07) is 12.8. The maximum absolute atomic E-state index is 6.17. The van der Waals surface area contributed by atoms with E-state index in [1.165, 1.54) is 0 Å². The number of hydrogen-bond acceptors (Lipinski definition) is 4. The molecule has 3 rings (SSSR count). The van der Waals surface area contributed by atoms with E-state index in [0.717, 1.165) is 23.4 Å². The van der Waals surface area contributed by atoms with Gasteiger partial charge in [0.05, 0.1) is 22.8 Å². The Balaban J connectivity index is 2.21. The SMILES string of the molecule is CC/C=C\C(=NC)c1cc(-c2ccccn2)nc(-c2cc(Cl)cc(Cl)c2)n1. The van der Waals surface area contributed by atoms with Gasteiger partial charge in [-0.05, 0) is 48.9 Å². The summed E-state index contributed by atoms with van der Waals surface area (Å²) in [7, 11) is 1.74. The van der Waals surface area contributed by atoms with Crippen LogP contribution in [-0.4, -0.2) is 27.7 Å². The Bertz CT molecular complexity index is 978. The molecule has 0 radical (unpaired) electrons. The van der Waals surface area contributed by atoms with E-state index >= 15 is 0 Å². The van der Waals surface area contributed by atoms with Crippen LogP contribution in [0.5, 0.6) is 0 Å². The fraction of sp³-hybridized carbons (Fsp3) is 0.143. The van der Waals surface area contributed by atoms with Crippen molar-refractivity contribution in [2.24, 2.45) is 4.99 Å². The summed E-state index contributed by atoms with van der Waals surface area (Å²) in [5, 5.41) is 1.06. The average Bonchev–Trinajstić information content (AvgIpc) is 2.68. The van der Waals surface area contributed by atoms with E-state index in [9.17, 15) is 0 Å². The van der Waals surface area contributed by atoms with Gasteiger partial charge in [-0.1, -0.05) is 42.3 Å². The van der Waals surface area contributed by atoms with E-state index in [2.05, 4.69) is 21.9 Å². The zero-order valence-electron chi connectivity index (χ0n) is 15.0. The maximum atomic E-state index is 6.17. The molecule has 0 aliphatic carbocycles. The highest BCUT2D eigenvalue weighted by atomic mass is 35.5. The number of halogens is 2. The smallest absolute Gasteiger partial charge is 0.160 e. The summed E-state index contributed by atoms with van der Waals surface area (Å²) in [4.78, 5) is 18.2. The summed E-state index contributed by atoms with van der Waals surface area (Å²) in [5.41, 5.74) is 3.68. The number of aromatic nitrogens is 3. The number of benzene rings is 1. The number of nitrogens with zero attached hydrogens (tertiary/aromatic N) is 4. The van der Waals surface area contributed by atoms with Gasteiger partial charge in [-0.3, -0.25) is 9.98 Å². The second-order valence-corrected chi connectivity index (χ2v) is 6.63. The van der Waals surface area contributed by atoms with Crippen LogP contribution in [0.15, 0.2) is 65.8 Å². The van der Waals surface area contributed by atoms with Crippen LogP contribution in [0.3, 0.4) is 0 Å². The van der Waals surface area contributed by atoms with Crippen molar-refractivity contribution >= 4 is 28.9 Å². The fourth-order valence-electron chi connectivity index (χ4n) is 2.54. The molecule has 0 saturated heterocycles. The molecule has 2 heterocycles. The molecule has 4 nitrogen and oxygen atoms in total. The summed E-state index contributed by atoms with van der Waals surface area (Å²) < 4.78 is 0. The normalized spacial score (nSPS) is 11.9. The first-order chi connectivity index (χ1) is 13.1. The highest BCUT2D eigenvalue weighted by Crippen LogP contribution is 2.27. The van der Waals surface area contributed by atoms with Gasteiger partial charge in [0.1, 0.15) is 0 Å². The second-order valence-electron chi connectivity index (χ2n) is 5.75. The molecule has 0 aliphatic rings. The zero-order chi connectivity index (χ0) is 19.2. The Morgan fingerprint density at radius 2 is 1.81 bits per heavy atom. The van der Waals surface area contributed by atoms with Crippen molar-refractivity contribution in [1.29, 1.82) is 0 Å². The molecule has 0 spiro atoms. The number of aliphatic imine (C=N–C) groups is 1. The van der Waals surface area contributed by atoms with E-state index in [4.69, 9.17) is 28.2 Å². The fourth-order valence-corrected chi connectivity index (χ4v) is 3.07. The molecule has 0 bridgehead atoms. The van der Waals surface area contributed by atoms with E-state index < -0.39 is 0 Å². The molecule has 6 heteroatoms. The number of rotatable bonds is 5. The van der Waals surface area contributed by atoms with Crippen molar-refractivity contribution in [2.75, 3.05) is 7.05 Å². The standard InChI is InChI=1S/C21H18Cl2N4/c1-3-4-7-17(24-2)19-13-20(18-8-5-6-9-25-18)27-21(26-19)14-10-15(22)12-16(23)11-14/h4-13H,3H2,1-2H3/b7-4-,24-17?. The first kappa shape index (κ1) is 19.2. The Morgan fingerprint density at radius 3 is 2.44 bits per heavy atom. The van der Waals surface area contributed by atoms with Crippen LogP contribution < -0.4 is 0 Å². The molecule has 0 unspecified atom stereocenters. The quantitative estimate of drug-likeness (QED) is 0.504. The zero-order valence-corrected chi connectivity index (χ0v) is 16.5. The molecule has 2 aromatic heterocycles. The van der Waals surface area contributed by atoms with Crippen LogP contribution in [0.2, 0.25) is 10.0 Å². The van der Waals surface area contributed by atoms with E-state index in [-0.39, 0.29) is 0 Å². The predicted molar refractivity (Wildman–Crippen MR) is 113 cm³/mol. The molecule has 0 N–H and O–H groups in total. The van der Waals surface area contributed by atoms with Crippen molar-refractivity contribution in [3.63, 3.8) is 0 Å². The molecular formula is C21H18Cl2N4. The Labute approximate surface area is 168 Å². The summed E-state index contributed by atoms with van der Waals surface area (Å²) in [5.74, 6) is 0.517. The Hall–Kier alpha value is -2.56. The van der Waals surface area contributed by atoms with Crippen LogP contribution in [0.4, 0.5) is 0 Å². The molecule has 27 heavy (non-hydrogen) atoms. The van der Waals surface area contributed by atoms with Crippen LogP contribution >= 0.6 is 23.2 Å². The van der Waals surface area contributed by atoms with Gasteiger partial charge in [0, 0.05) is 28.9 Å². The molecule has 0 atom stereocenters. The van der Waals surface area contributed by atoms with Crippen LogP contribution in [0.1, 0.15) is 19.0 Å². The van der Waals surface area contributed by atoms with Crippen LogP contribution in [0, 0.1) is 0 Å². The summed E-state index contributed by atoms with van der Waals surface area (Å²) in [6.45, 7) is 2.07. The third kappa shape index (κ3) is 4.79. The van der Waals surface area contributed by atoms with Gasteiger partial charge in [-0.2, -0.15) is 0 Å². The number of hydrogen-bond donors (Lipinski definition) is 0. The van der Waals surface area contributed by atoms with Gasteiger partial charge in [0.25, 0.3) is 0 Å². The minimum absolute atomic E-state index is 0.517. The van der Waals surface area contributed by atoms with Gasteiger partial charge in [0.2, 0.25) is 0 Å². The van der Waals surface area contributed by atoms with Crippen molar-refractivity contribution in [1.82, 2.24) is 15.0 Å². The van der Waals surface area contributed by atoms with Crippen molar-refractivity contribution in [3.8, 4) is 22.8 Å². The molecule has 0 amide bonds. The van der Waals surface area contributed by atoms with E-state index in [0.29, 0.717) is 27.3 Å². The minimum atomic E-state index is 0.517. The third-order valence-electron chi connectivity index (χ3n) is 3.79. The van der Waals surface area contributed by atoms with Crippen LogP contribution in [-0.2, 0) is 0 Å². The molecule has 1 aromatic carbocycles. The number of allylic oxidation sites excluding steroid dienone is 2. The van der Waals surface area contributed by atoms with Gasteiger partial charge in [-0.25, -0.2) is 9.97 Å². The van der Waals surface area contributed by atoms with Gasteiger partial charge in [0.15, 0.2) is 5.82 Å². The lowest BCUT2D eigenvalue weighted by atomic mass is 10.1. The highest BCUT2D eigenvalue weighted by Gasteiger charge is 2.13. The van der Waals surface area contributed by atoms with Gasteiger partial charge in [-0.15, -0.1) is 0 Å². The minimum Gasteiger partial charge on any atom is -0.286 e. The lowest BCUT2D eigenvalue weighted by Crippen LogP contribution is -2.05. The Kier molecular flexibility index (Phi) is 6.32. The molecule has 0 saturated carbocycles. The maximum Gasteiger partial charge on any atom is 0.160 e. The van der Waals surface area contributed by atoms with Crippen molar-refractivity contribution in [3.05, 3.63) is 76.6 Å². The van der Waals surface area contributed by atoms with Gasteiger partial charge >= 0.3 is 0 Å². The summed E-state index contributed by atoms with van der Waals surface area (Å²) >= 11 is 12.3. The molecule has 136 valence electrons. The largest absolute Gasteiger partial charge is 0.286 e. The molecule has 0 fully saturated rings. The van der Waals surface area contributed by atoms with E-state index in [1.54, 1.807) is 31.4 Å². The van der Waals surface area contributed by atoms with Crippen molar-refractivity contribution < 1.29 is 0 Å². The van der Waals surface area contributed by atoms with Crippen LogP contribution in [0.25, 0.3) is 22.8 Å². The number of pyridine rings is 1. The lowest BCUT2D eigenvalue weighted by molar-refractivity contribution is 1.14. The topological polar surface area (TPSA) is 51.0 Å². The average molecular weight is 397 g/mol. The third-order valence-corrected chi connectivity index (χ3v) is 4.23. The Morgan fingerprint density at radius 1 is 1.04 bits per heavy atom. The monoisotopic (exact) mass is 396 g/mol. The molecule has 0 aliphatic heterocycles. The first-order valence-corrected chi connectivity index (χ1v) is 9.27.